The van der Waals surface area contributed by atoms with Gasteiger partial charge >= 0.3 is 0 Å². The molecule has 0 aliphatic heterocycles. The van der Waals surface area contributed by atoms with Gasteiger partial charge in [-0.3, -0.25) is 9.97 Å². The van der Waals surface area contributed by atoms with E-state index in [1.807, 2.05) is 24.5 Å². The molecule has 2 aromatic heterocycles. The molecule has 2 nitrogen and oxygen atoms in total. The van der Waals surface area contributed by atoms with Crippen LogP contribution in [0.4, 0.5) is 0 Å². The number of nitrogens with zero attached hydrogens (tertiary/aromatic N) is 2. The Morgan fingerprint density at radius 1 is 0.472 bits per heavy atom. The van der Waals surface area contributed by atoms with Gasteiger partial charge in [0.15, 0.2) is 0 Å². The first-order valence-electron chi connectivity index (χ1n) is 12.8. The minimum Gasteiger partial charge on any atom is -0.256 e. The van der Waals surface area contributed by atoms with E-state index < -0.39 is 0 Å². The summed E-state index contributed by atoms with van der Waals surface area (Å²) in [6.07, 6.45) is 3.84. The maximum absolute atomic E-state index is 4.87. The predicted octanol–water partition coefficient (Wildman–Crippen LogP) is 9.43. The average Bonchev–Trinajstić information content (AvgIpc) is 2.85. The molecule has 0 aliphatic rings. The molecule has 0 radical (unpaired) electrons. The van der Waals surface area contributed by atoms with Gasteiger partial charge in [0, 0.05) is 33.9 Å². The quantitative estimate of drug-likeness (QED) is 0.164. The van der Waals surface area contributed by atoms with E-state index in [1.54, 1.807) is 0 Å². The van der Waals surface area contributed by atoms with Gasteiger partial charge in [-0.1, -0.05) is 53.7 Å². The Hall–Kier alpha value is -3.78. The molecule has 176 valence electrons. The minimum atomic E-state index is 0.0235. The Labute approximate surface area is 211 Å². The first-order valence-corrected chi connectivity index (χ1v) is 12.8. The van der Waals surface area contributed by atoms with Crippen molar-refractivity contribution in [2.75, 3.05) is 0 Å². The highest BCUT2D eigenvalue weighted by Gasteiger charge is 2.24. The van der Waals surface area contributed by atoms with Crippen LogP contribution in [0.15, 0.2) is 73.1 Å². The Morgan fingerprint density at radius 2 is 0.833 bits per heavy atom. The van der Waals surface area contributed by atoms with Crippen LogP contribution >= 0.6 is 0 Å². The van der Waals surface area contributed by atoms with Gasteiger partial charge in [-0.2, -0.15) is 0 Å². The molecule has 0 aliphatic carbocycles. The van der Waals surface area contributed by atoms with Gasteiger partial charge in [0.25, 0.3) is 0 Å². The van der Waals surface area contributed by atoms with Crippen LogP contribution in [0, 0.1) is 0 Å². The monoisotopic (exact) mass is 466 g/mol. The molecule has 0 saturated heterocycles. The Bertz CT molecular complexity index is 1850. The van der Waals surface area contributed by atoms with E-state index in [-0.39, 0.29) is 10.8 Å². The van der Waals surface area contributed by atoms with E-state index in [0.717, 1.165) is 11.0 Å². The number of pyridine rings is 2. The fraction of sp³-hybridized carbons (Fsp3) is 0.235. The third-order valence-corrected chi connectivity index (χ3v) is 7.92. The summed E-state index contributed by atoms with van der Waals surface area (Å²) in [5.74, 6) is 0. The number of hydrogen-bond donors (Lipinski definition) is 0. The molecule has 2 heteroatoms. The lowest BCUT2D eigenvalue weighted by Gasteiger charge is -2.25. The first kappa shape index (κ1) is 21.5. The molecule has 0 amide bonds. The topological polar surface area (TPSA) is 25.8 Å². The minimum absolute atomic E-state index is 0.0235. The van der Waals surface area contributed by atoms with Crippen LogP contribution in [-0.4, -0.2) is 9.97 Å². The number of fused-ring (bicyclic) bond motifs is 6. The van der Waals surface area contributed by atoms with E-state index in [2.05, 4.69) is 90.1 Å². The molecule has 0 bridgehead atoms. The summed E-state index contributed by atoms with van der Waals surface area (Å²) in [5, 5.41) is 12.7. The van der Waals surface area contributed by atoms with Crippen LogP contribution in [0.3, 0.4) is 0 Å². The highest BCUT2D eigenvalue weighted by Crippen LogP contribution is 2.47. The maximum atomic E-state index is 4.87. The molecular weight excluding hydrogens is 436 g/mol. The SMILES string of the molecule is CC(C)(C)c1cc2c3cc4cccnc4c4cc(C(C)(C)C)cc(c5cc6cccnc6c(c1)c25)c34. The van der Waals surface area contributed by atoms with E-state index in [9.17, 15) is 0 Å². The van der Waals surface area contributed by atoms with Crippen LogP contribution in [-0.2, 0) is 10.8 Å². The van der Waals surface area contributed by atoms with Crippen molar-refractivity contribution in [1.82, 2.24) is 9.97 Å². The number of rotatable bonds is 0. The number of benzene rings is 5. The van der Waals surface area contributed by atoms with Crippen LogP contribution in [0.25, 0.3) is 64.9 Å². The molecular formula is C34H30N2. The smallest absolute Gasteiger partial charge is 0.0781 e. The van der Waals surface area contributed by atoms with E-state index >= 15 is 0 Å². The average molecular weight is 467 g/mol. The van der Waals surface area contributed by atoms with E-state index in [0.29, 0.717) is 0 Å². The van der Waals surface area contributed by atoms with Crippen molar-refractivity contribution in [3.05, 3.63) is 84.2 Å². The van der Waals surface area contributed by atoms with Crippen molar-refractivity contribution >= 4 is 64.9 Å². The van der Waals surface area contributed by atoms with Crippen molar-refractivity contribution in [2.24, 2.45) is 0 Å². The predicted molar refractivity (Wildman–Crippen MR) is 156 cm³/mol. The van der Waals surface area contributed by atoms with Gasteiger partial charge < -0.3 is 0 Å². The van der Waals surface area contributed by atoms with Gasteiger partial charge in [0.05, 0.1) is 11.0 Å². The summed E-state index contributed by atoms with van der Waals surface area (Å²) in [4.78, 5) is 9.75. The zero-order valence-electron chi connectivity index (χ0n) is 21.8. The van der Waals surface area contributed by atoms with Crippen molar-refractivity contribution in [3.8, 4) is 0 Å². The molecule has 7 aromatic rings. The highest BCUT2D eigenvalue weighted by atomic mass is 14.7. The molecule has 7 rings (SSSR count). The Morgan fingerprint density at radius 3 is 1.22 bits per heavy atom. The second-order valence-electron chi connectivity index (χ2n) is 12.4. The third kappa shape index (κ3) is 2.91. The molecule has 36 heavy (non-hydrogen) atoms. The van der Waals surface area contributed by atoms with Crippen LogP contribution in [0.2, 0.25) is 0 Å². The van der Waals surface area contributed by atoms with Crippen LogP contribution in [0.5, 0.6) is 0 Å². The Kier molecular flexibility index (Phi) is 4.13. The maximum Gasteiger partial charge on any atom is 0.0781 e. The molecule has 0 spiro atoms. The lowest BCUT2D eigenvalue weighted by molar-refractivity contribution is 0.591. The fourth-order valence-electron chi connectivity index (χ4n) is 5.93. The summed E-state index contributed by atoms with van der Waals surface area (Å²) >= 11 is 0. The second-order valence-corrected chi connectivity index (χ2v) is 12.4. The van der Waals surface area contributed by atoms with Gasteiger partial charge in [-0.15, -0.1) is 0 Å². The summed E-state index contributed by atoms with van der Waals surface area (Å²) < 4.78 is 0. The molecule has 0 saturated carbocycles. The summed E-state index contributed by atoms with van der Waals surface area (Å²) in [7, 11) is 0. The van der Waals surface area contributed by atoms with Gasteiger partial charge in [0.1, 0.15) is 0 Å². The van der Waals surface area contributed by atoms with Crippen molar-refractivity contribution in [3.63, 3.8) is 0 Å². The molecule has 0 N–H and O–H groups in total. The second kappa shape index (κ2) is 6.91. The zero-order chi connectivity index (χ0) is 25.0. The van der Waals surface area contributed by atoms with Crippen molar-refractivity contribution in [1.29, 1.82) is 0 Å². The lowest BCUT2D eigenvalue weighted by Crippen LogP contribution is -2.12. The van der Waals surface area contributed by atoms with Crippen molar-refractivity contribution in [2.45, 2.75) is 52.4 Å². The zero-order valence-corrected chi connectivity index (χ0v) is 21.8. The molecule has 0 unspecified atom stereocenters. The van der Waals surface area contributed by atoms with E-state index in [4.69, 9.17) is 9.97 Å². The summed E-state index contributed by atoms with van der Waals surface area (Å²) in [6, 6.07) is 22.8. The third-order valence-electron chi connectivity index (χ3n) is 7.92. The Balaban J connectivity index is 1.88. The van der Waals surface area contributed by atoms with Gasteiger partial charge in [-0.25, -0.2) is 0 Å². The molecule has 2 heterocycles. The van der Waals surface area contributed by atoms with Crippen LogP contribution in [0.1, 0.15) is 52.7 Å². The van der Waals surface area contributed by atoms with E-state index in [1.165, 1.54) is 65.0 Å². The summed E-state index contributed by atoms with van der Waals surface area (Å²) in [5.41, 5.74) is 4.88. The standard InChI is InChI=1S/C34H30N2/c1-33(2,3)21-15-25-23-13-20-10-8-12-36-32(20)28-18-22(34(4,5)6)16-26(30(23)28)24-14-19-9-7-11-35-31(19)27(17-21)29(24)25/h7-18H,1-6H3. The molecule has 5 aromatic carbocycles. The van der Waals surface area contributed by atoms with Crippen LogP contribution < -0.4 is 0 Å². The van der Waals surface area contributed by atoms with Gasteiger partial charge in [-0.05, 0) is 103 Å². The highest BCUT2D eigenvalue weighted by molar-refractivity contribution is 6.38. The normalized spacial score (nSPS) is 13.3. The largest absolute Gasteiger partial charge is 0.256 e. The fourth-order valence-corrected chi connectivity index (χ4v) is 5.93. The molecule has 0 fully saturated rings. The molecule has 0 atom stereocenters. The van der Waals surface area contributed by atoms with Crippen molar-refractivity contribution < 1.29 is 0 Å². The lowest BCUT2D eigenvalue weighted by atomic mass is 9.79. The first-order chi connectivity index (χ1) is 17.1. The van der Waals surface area contributed by atoms with Gasteiger partial charge in [0.2, 0.25) is 0 Å². The number of hydrogen-bond acceptors (Lipinski definition) is 2. The summed E-state index contributed by atoms with van der Waals surface area (Å²) in [6.45, 7) is 13.8. The number of aromatic nitrogens is 2.